The van der Waals surface area contributed by atoms with E-state index in [4.69, 9.17) is 9.84 Å². The third-order valence-electron chi connectivity index (χ3n) is 5.47. The molecule has 2 aromatic carbocycles. The molecule has 0 fully saturated rings. The van der Waals surface area contributed by atoms with Crippen LogP contribution in [0.15, 0.2) is 53.7 Å². The quantitative estimate of drug-likeness (QED) is 0.335. The van der Waals surface area contributed by atoms with Gasteiger partial charge in [-0.25, -0.2) is 4.79 Å². The van der Waals surface area contributed by atoms with E-state index in [1.54, 1.807) is 19.1 Å². The van der Waals surface area contributed by atoms with Crippen molar-refractivity contribution in [1.82, 2.24) is 14.8 Å². The number of carbonyl (C=O) groups excluding carboxylic acids is 1. The molecule has 35 heavy (non-hydrogen) atoms. The second-order valence-corrected chi connectivity index (χ2v) is 10.2. The fraction of sp³-hybridized carbons (Fsp3) is 0.385. The molecule has 186 valence electrons. The number of amides is 1. The minimum atomic E-state index is -1.01. The topological polar surface area (TPSA) is 106 Å². The average Bonchev–Trinajstić information content (AvgIpc) is 3.23. The first-order valence-corrected chi connectivity index (χ1v) is 12.5. The molecule has 0 radical (unpaired) electrons. The lowest BCUT2D eigenvalue weighted by Gasteiger charge is -2.21. The van der Waals surface area contributed by atoms with E-state index in [2.05, 4.69) is 35.4 Å². The number of carbonyl (C=O) groups is 2. The van der Waals surface area contributed by atoms with Crippen LogP contribution >= 0.6 is 11.8 Å². The smallest absolute Gasteiger partial charge is 0.335 e. The van der Waals surface area contributed by atoms with Crippen LogP contribution in [0, 0.1) is 0 Å². The Hall–Kier alpha value is -3.33. The van der Waals surface area contributed by atoms with Gasteiger partial charge in [0.05, 0.1) is 10.8 Å². The van der Waals surface area contributed by atoms with Gasteiger partial charge in [0.25, 0.3) is 0 Å². The number of thioether (sulfide) groups is 1. The number of hydrogen-bond acceptors (Lipinski definition) is 6. The predicted octanol–water partition coefficient (Wildman–Crippen LogP) is 5.94. The van der Waals surface area contributed by atoms with E-state index in [0.29, 0.717) is 22.6 Å². The van der Waals surface area contributed by atoms with Crippen LogP contribution < -0.4 is 10.1 Å². The first-order chi connectivity index (χ1) is 16.6. The van der Waals surface area contributed by atoms with Gasteiger partial charge in [-0.15, -0.1) is 10.2 Å². The Balaban J connectivity index is 1.74. The van der Waals surface area contributed by atoms with E-state index in [-0.39, 0.29) is 23.6 Å². The number of aromatic carboxylic acids is 1. The van der Waals surface area contributed by atoms with Crippen LogP contribution in [-0.2, 0) is 4.79 Å². The van der Waals surface area contributed by atoms with Gasteiger partial charge in [-0.05, 0) is 69.5 Å². The predicted molar refractivity (Wildman–Crippen MR) is 137 cm³/mol. The fourth-order valence-corrected chi connectivity index (χ4v) is 4.58. The van der Waals surface area contributed by atoms with Crippen molar-refractivity contribution in [1.29, 1.82) is 0 Å². The highest BCUT2D eigenvalue weighted by Gasteiger charge is 2.25. The Morgan fingerprint density at radius 3 is 2.23 bits per heavy atom. The molecule has 3 rings (SSSR count). The zero-order valence-corrected chi connectivity index (χ0v) is 21.7. The van der Waals surface area contributed by atoms with Crippen molar-refractivity contribution in [3.8, 4) is 5.75 Å². The number of carboxylic acid groups (broad SMARTS) is 1. The van der Waals surface area contributed by atoms with Crippen LogP contribution in [-0.4, -0.2) is 37.0 Å². The molecule has 0 aliphatic rings. The lowest BCUT2D eigenvalue weighted by Crippen LogP contribution is -2.23. The summed E-state index contributed by atoms with van der Waals surface area (Å²) in [6, 6.07) is 14.1. The van der Waals surface area contributed by atoms with Gasteiger partial charge in [0.1, 0.15) is 5.75 Å². The molecule has 1 amide bonds. The molecule has 2 N–H and O–H groups in total. The molecular weight excluding hydrogens is 464 g/mol. The van der Waals surface area contributed by atoms with Crippen molar-refractivity contribution in [3.05, 3.63) is 65.5 Å². The Labute approximate surface area is 210 Å². The maximum Gasteiger partial charge on any atom is 0.335 e. The fourth-order valence-electron chi connectivity index (χ4n) is 3.59. The van der Waals surface area contributed by atoms with Gasteiger partial charge in [0, 0.05) is 11.7 Å². The molecule has 9 heteroatoms. The van der Waals surface area contributed by atoms with Gasteiger partial charge in [0.2, 0.25) is 5.91 Å². The van der Waals surface area contributed by atoms with E-state index in [0.717, 1.165) is 11.3 Å². The van der Waals surface area contributed by atoms with Crippen molar-refractivity contribution in [2.75, 3.05) is 5.32 Å². The van der Waals surface area contributed by atoms with Crippen LogP contribution in [0.2, 0.25) is 0 Å². The number of anilines is 1. The molecule has 0 saturated heterocycles. The highest BCUT2D eigenvalue weighted by molar-refractivity contribution is 8.00. The van der Waals surface area contributed by atoms with Crippen molar-refractivity contribution in [2.24, 2.45) is 0 Å². The van der Waals surface area contributed by atoms with Crippen LogP contribution in [0.1, 0.15) is 81.4 Å². The molecular formula is C26H32N4O4S. The van der Waals surface area contributed by atoms with Crippen molar-refractivity contribution >= 4 is 29.3 Å². The summed E-state index contributed by atoms with van der Waals surface area (Å²) in [6.07, 6.45) is -0.337. The number of carboxylic acids is 1. The SMILES string of the molecule is CC(Sc1nnc(C(C)Oc2ccccc2C(C)C)n1C(C)C)C(=O)Nc1ccc(C(=O)O)cc1. The Bertz CT molecular complexity index is 1170. The summed E-state index contributed by atoms with van der Waals surface area (Å²) < 4.78 is 8.30. The van der Waals surface area contributed by atoms with Crippen molar-refractivity contribution in [3.63, 3.8) is 0 Å². The summed E-state index contributed by atoms with van der Waals surface area (Å²) in [5.41, 5.74) is 1.82. The number of ether oxygens (including phenoxy) is 1. The van der Waals surface area contributed by atoms with Gasteiger partial charge >= 0.3 is 5.97 Å². The summed E-state index contributed by atoms with van der Waals surface area (Å²) in [5.74, 6) is 0.615. The third-order valence-corrected chi connectivity index (χ3v) is 6.52. The van der Waals surface area contributed by atoms with Gasteiger partial charge < -0.3 is 19.7 Å². The molecule has 0 bridgehead atoms. The first-order valence-electron chi connectivity index (χ1n) is 11.6. The van der Waals surface area contributed by atoms with E-state index < -0.39 is 11.2 Å². The number of benzene rings is 2. The molecule has 1 heterocycles. The number of rotatable bonds is 10. The second kappa shape index (κ2) is 11.4. The Morgan fingerprint density at radius 1 is 0.971 bits per heavy atom. The van der Waals surface area contributed by atoms with Crippen molar-refractivity contribution in [2.45, 2.75) is 70.0 Å². The van der Waals surface area contributed by atoms with E-state index in [1.165, 1.54) is 23.9 Å². The monoisotopic (exact) mass is 496 g/mol. The maximum absolute atomic E-state index is 12.8. The summed E-state index contributed by atoms with van der Waals surface area (Å²) in [5, 5.41) is 20.8. The summed E-state index contributed by atoms with van der Waals surface area (Å²) >= 11 is 1.31. The first kappa shape index (κ1) is 26.3. The molecule has 0 aliphatic carbocycles. The van der Waals surface area contributed by atoms with Crippen LogP contribution in [0.4, 0.5) is 5.69 Å². The third kappa shape index (κ3) is 6.42. The minimum Gasteiger partial charge on any atom is -0.482 e. The highest BCUT2D eigenvalue weighted by Crippen LogP contribution is 2.33. The highest BCUT2D eigenvalue weighted by atomic mass is 32.2. The van der Waals surface area contributed by atoms with Crippen molar-refractivity contribution < 1.29 is 19.4 Å². The molecule has 8 nitrogen and oxygen atoms in total. The van der Waals surface area contributed by atoms with Crippen LogP contribution in [0.5, 0.6) is 5.75 Å². The zero-order valence-electron chi connectivity index (χ0n) is 20.9. The molecule has 3 aromatic rings. The van der Waals surface area contributed by atoms with E-state index in [1.807, 2.05) is 43.5 Å². The summed E-state index contributed by atoms with van der Waals surface area (Å²) in [7, 11) is 0. The number of nitrogens with zero attached hydrogens (tertiary/aromatic N) is 3. The van der Waals surface area contributed by atoms with Gasteiger partial charge in [-0.2, -0.15) is 0 Å². The Morgan fingerprint density at radius 2 is 1.63 bits per heavy atom. The second-order valence-electron chi connectivity index (χ2n) is 8.89. The van der Waals surface area contributed by atoms with Crippen LogP contribution in [0.3, 0.4) is 0 Å². The van der Waals surface area contributed by atoms with Crippen LogP contribution in [0.25, 0.3) is 0 Å². The van der Waals surface area contributed by atoms with Gasteiger partial charge in [-0.3, -0.25) is 4.79 Å². The molecule has 1 aromatic heterocycles. The molecule has 0 spiro atoms. The zero-order chi connectivity index (χ0) is 25.7. The summed E-state index contributed by atoms with van der Waals surface area (Å²) in [6.45, 7) is 12.1. The average molecular weight is 497 g/mol. The summed E-state index contributed by atoms with van der Waals surface area (Å²) in [4.78, 5) is 23.8. The molecule has 2 atom stereocenters. The lowest BCUT2D eigenvalue weighted by atomic mass is 10.0. The lowest BCUT2D eigenvalue weighted by molar-refractivity contribution is -0.115. The number of aromatic nitrogens is 3. The maximum atomic E-state index is 12.8. The molecule has 0 saturated carbocycles. The van der Waals surface area contributed by atoms with Gasteiger partial charge in [-0.1, -0.05) is 43.8 Å². The number of nitrogens with one attached hydrogen (secondary N) is 1. The van der Waals surface area contributed by atoms with Gasteiger partial charge in [0.15, 0.2) is 17.1 Å². The minimum absolute atomic E-state index is 0.0627. The number of hydrogen-bond donors (Lipinski definition) is 2. The Kier molecular flexibility index (Phi) is 8.56. The molecule has 2 unspecified atom stereocenters. The largest absolute Gasteiger partial charge is 0.482 e. The normalized spacial score (nSPS) is 13.0. The van der Waals surface area contributed by atoms with E-state index in [9.17, 15) is 9.59 Å². The number of para-hydroxylation sites is 1. The van der Waals surface area contributed by atoms with E-state index >= 15 is 0 Å². The standard InChI is InChI=1S/C26H32N4O4S/c1-15(2)21-9-7-8-10-22(21)34-17(5)23-28-29-26(30(23)16(3)4)35-18(6)24(31)27-20-13-11-19(12-14-20)25(32)33/h7-18H,1-6H3,(H,27,31)(H,32,33). The molecule has 0 aliphatic heterocycles.